The Morgan fingerprint density at radius 1 is 0.925 bits per heavy atom. The van der Waals surface area contributed by atoms with E-state index >= 15 is 0 Å². The van der Waals surface area contributed by atoms with Crippen LogP contribution < -0.4 is 20.5 Å². The number of carbonyl (C=O) groups is 1. The third-order valence-corrected chi connectivity index (χ3v) is 5.98. The van der Waals surface area contributed by atoms with Gasteiger partial charge in [0.05, 0.1) is 22.4 Å². The van der Waals surface area contributed by atoms with E-state index in [9.17, 15) is 26.3 Å². The van der Waals surface area contributed by atoms with Crippen molar-refractivity contribution in [3.8, 4) is 17.2 Å². The number of thiazole rings is 1. The lowest BCUT2D eigenvalue weighted by molar-refractivity contribution is -0.192. The Labute approximate surface area is 228 Å². The van der Waals surface area contributed by atoms with Gasteiger partial charge in [-0.1, -0.05) is 23.5 Å². The zero-order chi connectivity index (χ0) is 29.3. The molecule has 0 saturated heterocycles. The van der Waals surface area contributed by atoms with Gasteiger partial charge in [-0.2, -0.15) is 26.3 Å². The van der Waals surface area contributed by atoms with E-state index in [-0.39, 0.29) is 0 Å². The number of halogens is 6. The van der Waals surface area contributed by atoms with Gasteiger partial charge in [0, 0.05) is 12.6 Å². The van der Waals surface area contributed by atoms with Crippen LogP contribution in [0.4, 0.5) is 31.5 Å². The molecular formula is C26H23F6N3O4S. The summed E-state index contributed by atoms with van der Waals surface area (Å²) in [6.45, 7) is 1.81. The lowest BCUT2D eigenvalue weighted by atomic mass is 10.2. The second-order valence-corrected chi connectivity index (χ2v) is 9.09. The second-order valence-electron chi connectivity index (χ2n) is 8.06. The first kappa shape index (κ1) is 30.5. The SMILES string of the molecule is NCCCOc1ccc(CNc2nc3ccc(Oc4ccc(C(F)(F)F)cc4)cc3s2)cc1.O=C(O)C(F)(F)F. The van der Waals surface area contributed by atoms with Crippen molar-refractivity contribution in [3.05, 3.63) is 77.9 Å². The number of fused-ring (bicyclic) bond motifs is 1. The number of nitrogens with one attached hydrogen (secondary N) is 1. The number of alkyl halides is 6. The number of aliphatic carboxylic acids is 1. The first-order chi connectivity index (χ1) is 18.8. The molecule has 0 spiro atoms. The molecule has 0 aliphatic carbocycles. The van der Waals surface area contributed by atoms with Gasteiger partial charge < -0.3 is 25.6 Å². The summed E-state index contributed by atoms with van der Waals surface area (Å²) < 4.78 is 82.1. The zero-order valence-electron chi connectivity index (χ0n) is 20.6. The average molecular weight is 588 g/mol. The predicted octanol–water partition coefficient (Wildman–Crippen LogP) is 7.08. The van der Waals surface area contributed by atoms with Crippen molar-refractivity contribution in [2.24, 2.45) is 5.73 Å². The lowest BCUT2D eigenvalue weighted by Crippen LogP contribution is -2.21. The van der Waals surface area contributed by atoms with E-state index in [1.165, 1.54) is 23.5 Å². The van der Waals surface area contributed by atoms with E-state index in [0.717, 1.165) is 45.2 Å². The number of nitrogens with zero attached hydrogens (tertiary/aromatic N) is 1. The minimum Gasteiger partial charge on any atom is -0.494 e. The van der Waals surface area contributed by atoms with E-state index in [1.807, 2.05) is 36.4 Å². The molecule has 0 aliphatic heterocycles. The number of rotatable bonds is 9. The molecule has 0 fully saturated rings. The predicted molar refractivity (Wildman–Crippen MR) is 138 cm³/mol. The highest BCUT2D eigenvalue weighted by molar-refractivity contribution is 7.22. The summed E-state index contributed by atoms with van der Waals surface area (Å²) in [5.41, 5.74) is 6.66. The van der Waals surface area contributed by atoms with Gasteiger partial charge in [-0.05, 0) is 67.1 Å². The molecule has 1 aromatic heterocycles. The standard InChI is InChI=1S/C24H22F3N3O2S.C2HF3O2/c25-24(26,27)17-4-8-19(9-5-17)32-20-10-11-21-22(14-20)33-23(30-21)29-15-16-2-6-18(7-3-16)31-13-1-12-28;3-2(4,5)1(6)7/h2-11,14H,1,12-13,15,28H2,(H,29,30);(H,6,7). The Morgan fingerprint density at radius 3 is 2.10 bits per heavy atom. The van der Waals surface area contributed by atoms with E-state index in [2.05, 4.69) is 10.3 Å². The van der Waals surface area contributed by atoms with Crippen molar-refractivity contribution in [1.82, 2.24) is 4.98 Å². The Balaban J connectivity index is 0.000000559. The van der Waals surface area contributed by atoms with Crippen LogP contribution in [-0.2, 0) is 17.5 Å². The fraction of sp³-hybridized carbons (Fsp3) is 0.231. The molecule has 7 nitrogen and oxygen atoms in total. The van der Waals surface area contributed by atoms with E-state index in [4.69, 9.17) is 25.1 Å². The second kappa shape index (κ2) is 13.3. The fourth-order valence-corrected chi connectivity index (χ4v) is 3.94. The minimum atomic E-state index is -5.08. The molecule has 4 rings (SSSR count). The Kier molecular flexibility index (Phi) is 10.2. The first-order valence-electron chi connectivity index (χ1n) is 11.6. The summed E-state index contributed by atoms with van der Waals surface area (Å²) >= 11 is 1.48. The topological polar surface area (TPSA) is 107 Å². The van der Waals surface area contributed by atoms with Crippen LogP contribution in [-0.4, -0.2) is 35.4 Å². The molecule has 0 saturated carbocycles. The summed E-state index contributed by atoms with van der Waals surface area (Å²) in [7, 11) is 0. The average Bonchev–Trinajstić information content (AvgIpc) is 3.30. The third kappa shape index (κ3) is 9.31. The summed E-state index contributed by atoms with van der Waals surface area (Å²) in [6.07, 6.45) is -8.64. The first-order valence-corrected chi connectivity index (χ1v) is 12.4. The summed E-state index contributed by atoms with van der Waals surface area (Å²) in [6, 6.07) is 17.8. The molecule has 3 aromatic carbocycles. The number of anilines is 1. The molecule has 0 bridgehead atoms. The number of carboxylic acid groups (broad SMARTS) is 1. The van der Waals surface area contributed by atoms with Gasteiger partial charge in [0.2, 0.25) is 0 Å². The molecular weight excluding hydrogens is 564 g/mol. The highest BCUT2D eigenvalue weighted by Crippen LogP contribution is 2.34. The van der Waals surface area contributed by atoms with E-state index in [0.29, 0.717) is 31.2 Å². The quantitative estimate of drug-likeness (QED) is 0.142. The van der Waals surface area contributed by atoms with Crippen molar-refractivity contribution in [2.75, 3.05) is 18.5 Å². The monoisotopic (exact) mass is 587 g/mol. The number of hydrogen-bond donors (Lipinski definition) is 3. The molecule has 14 heteroatoms. The number of aromatic nitrogens is 1. The maximum absolute atomic E-state index is 12.7. The number of nitrogens with two attached hydrogens (primary N) is 1. The van der Waals surface area contributed by atoms with Crippen LogP contribution >= 0.6 is 11.3 Å². The van der Waals surface area contributed by atoms with Crippen LogP contribution in [0.25, 0.3) is 10.2 Å². The largest absolute Gasteiger partial charge is 0.494 e. The number of hydrogen-bond acceptors (Lipinski definition) is 7. The Hall–Kier alpha value is -4.04. The molecule has 214 valence electrons. The summed E-state index contributed by atoms with van der Waals surface area (Å²) in [5.74, 6) is -1.08. The number of benzene rings is 3. The highest BCUT2D eigenvalue weighted by atomic mass is 32.1. The highest BCUT2D eigenvalue weighted by Gasteiger charge is 2.38. The minimum absolute atomic E-state index is 0.334. The summed E-state index contributed by atoms with van der Waals surface area (Å²) in [4.78, 5) is 13.5. The van der Waals surface area contributed by atoms with Gasteiger partial charge in [-0.3, -0.25) is 0 Å². The third-order valence-electron chi connectivity index (χ3n) is 5.00. The van der Waals surface area contributed by atoms with Crippen LogP contribution in [0, 0.1) is 0 Å². The van der Waals surface area contributed by atoms with Crippen molar-refractivity contribution >= 4 is 32.7 Å². The molecule has 0 unspecified atom stereocenters. The van der Waals surface area contributed by atoms with Gasteiger partial charge in [0.15, 0.2) is 5.13 Å². The number of carboxylic acids is 1. The Bertz CT molecular complexity index is 1390. The van der Waals surface area contributed by atoms with Gasteiger partial charge in [-0.15, -0.1) is 0 Å². The summed E-state index contributed by atoms with van der Waals surface area (Å²) in [5, 5.41) is 11.2. The molecule has 0 atom stereocenters. The molecule has 0 aliphatic rings. The molecule has 4 aromatic rings. The van der Waals surface area contributed by atoms with Crippen LogP contribution in [0.1, 0.15) is 17.5 Å². The van der Waals surface area contributed by atoms with Crippen molar-refractivity contribution in [3.63, 3.8) is 0 Å². The fourth-order valence-electron chi connectivity index (χ4n) is 3.05. The molecule has 0 amide bonds. The van der Waals surface area contributed by atoms with Gasteiger partial charge >= 0.3 is 18.3 Å². The van der Waals surface area contributed by atoms with Gasteiger partial charge in [0.25, 0.3) is 0 Å². The normalized spacial score (nSPS) is 11.5. The smallest absolute Gasteiger partial charge is 0.490 e. The molecule has 40 heavy (non-hydrogen) atoms. The maximum atomic E-state index is 12.7. The van der Waals surface area contributed by atoms with Crippen LogP contribution in [0.2, 0.25) is 0 Å². The van der Waals surface area contributed by atoms with Crippen LogP contribution in [0.15, 0.2) is 66.7 Å². The van der Waals surface area contributed by atoms with Crippen LogP contribution in [0.5, 0.6) is 17.2 Å². The maximum Gasteiger partial charge on any atom is 0.490 e. The molecule has 1 heterocycles. The van der Waals surface area contributed by atoms with Gasteiger partial charge in [-0.25, -0.2) is 9.78 Å². The Morgan fingerprint density at radius 2 is 1.52 bits per heavy atom. The molecule has 0 radical (unpaired) electrons. The van der Waals surface area contributed by atoms with E-state index < -0.39 is 23.9 Å². The van der Waals surface area contributed by atoms with Crippen LogP contribution in [0.3, 0.4) is 0 Å². The zero-order valence-corrected chi connectivity index (χ0v) is 21.4. The van der Waals surface area contributed by atoms with Gasteiger partial charge in [0.1, 0.15) is 17.2 Å². The number of ether oxygens (including phenoxy) is 2. The van der Waals surface area contributed by atoms with Crippen molar-refractivity contribution < 1.29 is 45.7 Å². The molecule has 4 N–H and O–H groups in total. The lowest BCUT2D eigenvalue weighted by Gasteiger charge is -2.08. The van der Waals surface area contributed by atoms with E-state index in [1.54, 1.807) is 6.07 Å². The van der Waals surface area contributed by atoms with Crippen molar-refractivity contribution in [2.45, 2.75) is 25.3 Å². The van der Waals surface area contributed by atoms with Crippen molar-refractivity contribution in [1.29, 1.82) is 0 Å².